The van der Waals surface area contributed by atoms with Crippen molar-refractivity contribution in [1.82, 2.24) is 0 Å². The quantitative estimate of drug-likeness (QED) is 0.0786. The van der Waals surface area contributed by atoms with Crippen LogP contribution in [0, 0.1) is 17.8 Å². The van der Waals surface area contributed by atoms with Crippen molar-refractivity contribution >= 4 is 65.3 Å². The number of hydrogen-bond donors (Lipinski definition) is 3. The van der Waals surface area contributed by atoms with Crippen molar-refractivity contribution < 1.29 is 29.7 Å². The number of rotatable bonds is 21. The number of carboxylic acid groups (broad SMARTS) is 3. The van der Waals surface area contributed by atoms with Gasteiger partial charge in [-0.3, -0.25) is 14.4 Å². The van der Waals surface area contributed by atoms with E-state index in [-0.39, 0.29) is 65.1 Å². The number of hydrogen-bond acceptors (Lipinski definition) is 3. The van der Waals surface area contributed by atoms with Crippen molar-refractivity contribution in [2.45, 2.75) is 167 Å². The van der Waals surface area contributed by atoms with Gasteiger partial charge >= 0.3 is 114 Å². The fourth-order valence-electron chi connectivity index (χ4n) is 3.59. The van der Waals surface area contributed by atoms with E-state index in [2.05, 4.69) is 34.6 Å². The van der Waals surface area contributed by atoms with Crippen LogP contribution in [0.15, 0.2) is 0 Å². The molecule has 8 heteroatoms. The monoisotopic (exact) mass is 878 g/mol. The zero-order valence-electron chi connectivity index (χ0n) is 27.7. The summed E-state index contributed by atoms with van der Waals surface area (Å²) in [6.45, 7) is 16.6. The van der Waals surface area contributed by atoms with E-state index in [1.54, 1.807) is 8.87 Å². The van der Waals surface area contributed by atoms with E-state index in [4.69, 9.17) is 15.3 Å². The van der Waals surface area contributed by atoms with Gasteiger partial charge in [0, 0.05) is 0 Å². The summed E-state index contributed by atoms with van der Waals surface area (Å²) in [5.74, 6) is -2.26. The zero-order chi connectivity index (χ0) is 30.9. The third-order valence-corrected chi connectivity index (χ3v) is 10.7. The Labute approximate surface area is 278 Å². The molecule has 0 heterocycles. The third kappa shape index (κ3) is 40.2. The molecule has 0 aliphatic carbocycles. The van der Waals surface area contributed by atoms with Gasteiger partial charge in [-0.1, -0.05) is 80.1 Å². The number of unbranched alkanes of at least 4 members (excludes halogenated alkanes) is 5. The van der Waals surface area contributed by atoms with Crippen molar-refractivity contribution in [2.75, 3.05) is 0 Å². The summed E-state index contributed by atoms with van der Waals surface area (Å²) in [6, 6.07) is 0. The Bertz CT molecular complexity index is 466. The van der Waals surface area contributed by atoms with Crippen molar-refractivity contribution in [2.24, 2.45) is 17.8 Å². The van der Waals surface area contributed by atoms with Gasteiger partial charge in [-0.2, -0.15) is 0 Å². The van der Waals surface area contributed by atoms with Crippen molar-refractivity contribution in [3.05, 3.63) is 0 Å². The van der Waals surface area contributed by atoms with Crippen LogP contribution in [0.2, 0.25) is 8.87 Å². The average molecular weight is 878 g/mol. The minimum absolute atomic E-state index is 0. The number of carboxylic acids is 3. The maximum atomic E-state index is 10.4. The summed E-state index contributed by atoms with van der Waals surface area (Å²) in [6.07, 6.45) is 17.0. The Morgan fingerprint density at radius 2 is 0.700 bits per heavy atom. The summed E-state index contributed by atoms with van der Waals surface area (Å²) in [5.41, 5.74) is 0. The van der Waals surface area contributed by atoms with E-state index >= 15 is 0 Å². The molecule has 0 rings (SSSR count). The van der Waals surface area contributed by atoms with Crippen LogP contribution in [0.25, 0.3) is 0 Å². The van der Waals surface area contributed by atoms with Gasteiger partial charge in [0.25, 0.3) is 0 Å². The van der Waals surface area contributed by atoms with Crippen LogP contribution in [0.5, 0.6) is 0 Å². The van der Waals surface area contributed by atoms with Gasteiger partial charge in [0.05, 0.1) is 17.8 Å². The van der Waals surface area contributed by atoms with Gasteiger partial charge in [-0.25, -0.2) is 0 Å². The Morgan fingerprint density at radius 1 is 0.475 bits per heavy atom. The first-order chi connectivity index (χ1) is 18.6. The number of carbonyl (C=O) groups is 3. The van der Waals surface area contributed by atoms with Crippen LogP contribution < -0.4 is 0 Å². The van der Waals surface area contributed by atoms with Crippen LogP contribution in [-0.4, -0.2) is 80.6 Å². The van der Waals surface area contributed by atoms with Crippen LogP contribution in [-0.2, 0) is 14.4 Å². The van der Waals surface area contributed by atoms with E-state index in [0.29, 0.717) is 0 Å². The van der Waals surface area contributed by atoms with Crippen molar-refractivity contribution in [3.8, 4) is 0 Å². The topological polar surface area (TPSA) is 112 Å². The third-order valence-electron chi connectivity index (χ3n) is 6.66. The van der Waals surface area contributed by atoms with Gasteiger partial charge in [-0.15, -0.1) is 0 Å². The zero-order valence-corrected chi connectivity index (χ0v) is 36.1. The fourth-order valence-corrected chi connectivity index (χ4v) is 7.75. The molecule has 0 aromatic rings. The molecule has 3 atom stereocenters. The average Bonchev–Trinajstić information content (AvgIpc) is 2.90. The summed E-state index contributed by atoms with van der Waals surface area (Å²) in [4.78, 5) is 31.3. The van der Waals surface area contributed by atoms with Crippen LogP contribution >= 0.6 is 0 Å². The molecule has 0 bridgehead atoms. The summed E-state index contributed by atoms with van der Waals surface area (Å²) in [7, 11) is 0. The molecule has 0 saturated heterocycles. The summed E-state index contributed by atoms with van der Waals surface area (Å²) >= 11 is 0.149. The van der Waals surface area contributed by atoms with E-state index in [1.165, 1.54) is 25.7 Å². The predicted octanol–water partition coefficient (Wildman–Crippen LogP) is 8.81. The molecule has 0 aromatic heterocycles. The SMILES string of the molecule is CCCCC(CC)C(=O)O.CCCCC(CC)C(=O)O.CCCCC(CC)C(=O)O.CCC[CH2][Sn][CH2]CCC.[BiH3]. The van der Waals surface area contributed by atoms with Gasteiger partial charge in [0.1, 0.15) is 0 Å². The second kappa shape index (κ2) is 41.2. The van der Waals surface area contributed by atoms with Gasteiger partial charge in [0.2, 0.25) is 0 Å². The first kappa shape index (κ1) is 49.8. The first-order valence-electron chi connectivity index (χ1n) is 16.0. The molecular formula is C32H69BiO6Sn. The standard InChI is InChI=1S/3C8H16O2.2C4H9.Bi.Sn.3H/c3*1-3-5-6-7(4-2)8(9)10;2*1-3-4-2;;;;;/h3*7H,3-6H2,1-2H3,(H,9,10);2*1,3-4H2,2H3;;;;;. The maximum absolute atomic E-state index is 10.4. The first-order valence-corrected chi connectivity index (χ1v) is 20.0. The fraction of sp³-hybridized carbons (Fsp3) is 0.906. The summed E-state index contributed by atoms with van der Waals surface area (Å²) in [5, 5.41) is 25.8. The molecule has 0 fully saturated rings. The number of aliphatic carboxylic acids is 3. The Hall–Kier alpha value is 0.0918. The van der Waals surface area contributed by atoms with Gasteiger partial charge in [-0.05, 0) is 38.5 Å². The van der Waals surface area contributed by atoms with Crippen LogP contribution in [0.1, 0.15) is 158 Å². The molecule has 0 aromatic carbocycles. The molecule has 0 spiro atoms. The molecule has 2 radical (unpaired) electrons. The molecular weight excluding hydrogens is 808 g/mol. The Morgan fingerprint density at radius 3 is 0.850 bits per heavy atom. The van der Waals surface area contributed by atoms with Crippen LogP contribution in [0.4, 0.5) is 0 Å². The van der Waals surface area contributed by atoms with E-state index < -0.39 is 17.9 Å². The van der Waals surface area contributed by atoms with Crippen molar-refractivity contribution in [1.29, 1.82) is 0 Å². The van der Waals surface area contributed by atoms with Crippen molar-refractivity contribution in [3.63, 3.8) is 0 Å². The van der Waals surface area contributed by atoms with Gasteiger partial charge in [0.15, 0.2) is 0 Å². The Kier molecular flexibility index (Phi) is 51.3. The molecule has 40 heavy (non-hydrogen) atoms. The Balaban J connectivity index is -0.000000135. The van der Waals surface area contributed by atoms with E-state index in [0.717, 1.165) is 77.0 Å². The molecule has 0 saturated carbocycles. The minimum atomic E-state index is -0.643. The second-order valence-corrected chi connectivity index (χ2v) is 14.5. The normalized spacial score (nSPS) is 12.0. The van der Waals surface area contributed by atoms with E-state index in [1.807, 2.05) is 20.8 Å². The molecule has 6 nitrogen and oxygen atoms in total. The van der Waals surface area contributed by atoms with Gasteiger partial charge < -0.3 is 15.3 Å². The molecule has 242 valence electrons. The molecule has 0 aliphatic rings. The van der Waals surface area contributed by atoms with Crippen LogP contribution in [0.3, 0.4) is 0 Å². The molecule has 0 amide bonds. The second-order valence-electron chi connectivity index (χ2n) is 10.2. The molecule has 3 unspecified atom stereocenters. The molecule has 3 N–H and O–H groups in total. The van der Waals surface area contributed by atoms with E-state index in [9.17, 15) is 14.4 Å². The molecule has 0 aliphatic heterocycles. The summed E-state index contributed by atoms with van der Waals surface area (Å²) < 4.78 is 3.25. The predicted molar refractivity (Wildman–Crippen MR) is 178 cm³/mol.